The normalized spacial score (nSPS) is 12.5. The van der Waals surface area contributed by atoms with Gasteiger partial charge in [-0.25, -0.2) is 4.98 Å². The summed E-state index contributed by atoms with van der Waals surface area (Å²) in [6.07, 6.45) is 3.87. The summed E-state index contributed by atoms with van der Waals surface area (Å²) in [6, 6.07) is 1.80. The van der Waals surface area contributed by atoms with Gasteiger partial charge in [0.05, 0.1) is 11.1 Å². The summed E-state index contributed by atoms with van der Waals surface area (Å²) in [5, 5.41) is 0.591. The topological polar surface area (TPSA) is 48.1 Å². The third kappa shape index (κ3) is 3.68. The van der Waals surface area contributed by atoms with E-state index >= 15 is 0 Å². The molecule has 4 heteroatoms. The summed E-state index contributed by atoms with van der Waals surface area (Å²) < 4.78 is 5.63. The van der Waals surface area contributed by atoms with Gasteiger partial charge < -0.3 is 10.5 Å². The maximum absolute atomic E-state index is 5.90. The molecule has 0 saturated heterocycles. The summed E-state index contributed by atoms with van der Waals surface area (Å²) in [5.41, 5.74) is 6.41. The monoisotopic (exact) mass is 228 g/mol. The van der Waals surface area contributed by atoms with Gasteiger partial charge in [0.2, 0.25) is 5.88 Å². The van der Waals surface area contributed by atoms with Gasteiger partial charge in [-0.15, -0.1) is 0 Å². The van der Waals surface area contributed by atoms with Crippen molar-refractivity contribution in [1.29, 1.82) is 0 Å². The first kappa shape index (κ1) is 12.3. The van der Waals surface area contributed by atoms with Crippen molar-refractivity contribution in [2.45, 2.75) is 39.3 Å². The molecule has 0 fully saturated rings. The average Bonchev–Trinajstić information content (AvgIpc) is 2.21. The van der Waals surface area contributed by atoms with Gasteiger partial charge in [0.25, 0.3) is 0 Å². The lowest BCUT2D eigenvalue weighted by Crippen LogP contribution is -2.12. The van der Waals surface area contributed by atoms with Crippen LogP contribution in [0.15, 0.2) is 12.3 Å². The van der Waals surface area contributed by atoms with Crippen LogP contribution in [-0.4, -0.2) is 11.1 Å². The smallest absolute Gasteiger partial charge is 0.213 e. The molecule has 2 N–H and O–H groups in total. The Labute approximate surface area is 95.6 Å². The fourth-order valence-electron chi connectivity index (χ4n) is 1.35. The fourth-order valence-corrected chi connectivity index (χ4v) is 1.53. The quantitative estimate of drug-likeness (QED) is 0.843. The second kappa shape index (κ2) is 5.93. The summed E-state index contributed by atoms with van der Waals surface area (Å²) in [6.45, 7) is 4.56. The lowest BCUT2D eigenvalue weighted by molar-refractivity contribution is 0.201. The molecule has 15 heavy (non-hydrogen) atoms. The zero-order valence-electron chi connectivity index (χ0n) is 9.16. The van der Waals surface area contributed by atoms with E-state index in [1.165, 1.54) is 0 Å². The molecular formula is C11H17ClN2O. The lowest BCUT2D eigenvalue weighted by atomic mass is 10.2. The van der Waals surface area contributed by atoms with E-state index in [1.54, 1.807) is 12.3 Å². The van der Waals surface area contributed by atoms with E-state index in [0.717, 1.165) is 18.4 Å². The first-order valence-electron chi connectivity index (χ1n) is 5.18. The summed E-state index contributed by atoms with van der Waals surface area (Å²) in [5.74, 6) is 0.598. The summed E-state index contributed by atoms with van der Waals surface area (Å²) in [4.78, 5) is 4.10. The Morgan fingerprint density at radius 3 is 2.93 bits per heavy atom. The third-order valence-corrected chi connectivity index (χ3v) is 2.49. The zero-order valence-corrected chi connectivity index (χ0v) is 9.92. The molecule has 0 spiro atoms. The van der Waals surface area contributed by atoms with Crippen LogP contribution in [0.25, 0.3) is 0 Å². The van der Waals surface area contributed by atoms with Crippen molar-refractivity contribution in [3.63, 3.8) is 0 Å². The van der Waals surface area contributed by atoms with Gasteiger partial charge in [-0.1, -0.05) is 24.9 Å². The highest BCUT2D eigenvalue weighted by atomic mass is 35.5. The molecule has 1 aromatic rings. The van der Waals surface area contributed by atoms with Gasteiger partial charge >= 0.3 is 0 Å². The number of hydrogen-bond acceptors (Lipinski definition) is 3. The van der Waals surface area contributed by atoms with Crippen molar-refractivity contribution in [2.75, 3.05) is 0 Å². The third-order valence-electron chi connectivity index (χ3n) is 2.15. The largest absolute Gasteiger partial charge is 0.475 e. The standard InChI is InChI=1S/C11H17ClN2O/c1-3-4-8(2)15-11-5-9(6-13)10(12)7-14-11/h5,7-8H,3-4,6,13H2,1-2H3. The second-order valence-corrected chi connectivity index (χ2v) is 3.94. The number of halogens is 1. The molecule has 0 bridgehead atoms. The van der Waals surface area contributed by atoms with Gasteiger partial charge in [-0.2, -0.15) is 0 Å². The summed E-state index contributed by atoms with van der Waals surface area (Å²) >= 11 is 5.90. The molecule has 1 rings (SSSR count). The predicted molar refractivity (Wildman–Crippen MR) is 62.1 cm³/mol. The van der Waals surface area contributed by atoms with Crippen molar-refractivity contribution in [3.8, 4) is 5.88 Å². The first-order valence-corrected chi connectivity index (χ1v) is 5.56. The number of aromatic nitrogens is 1. The highest BCUT2D eigenvalue weighted by molar-refractivity contribution is 6.31. The minimum absolute atomic E-state index is 0.175. The van der Waals surface area contributed by atoms with E-state index in [4.69, 9.17) is 22.1 Å². The van der Waals surface area contributed by atoms with Crippen LogP contribution in [-0.2, 0) is 6.54 Å². The van der Waals surface area contributed by atoms with Crippen molar-refractivity contribution < 1.29 is 4.74 Å². The van der Waals surface area contributed by atoms with Crippen LogP contribution in [0.4, 0.5) is 0 Å². The van der Waals surface area contributed by atoms with Crippen LogP contribution in [0.5, 0.6) is 5.88 Å². The Morgan fingerprint density at radius 2 is 2.33 bits per heavy atom. The maximum atomic E-state index is 5.90. The first-order chi connectivity index (χ1) is 7.17. The fraction of sp³-hybridized carbons (Fsp3) is 0.545. The van der Waals surface area contributed by atoms with Gasteiger partial charge in [0.1, 0.15) is 0 Å². The Morgan fingerprint density at radius 1 is 1.60 bits per heavy atom. The molecule has 84 valence electrons. The van der Waals surface area contributed by atoms with Crippen LogP contribution in [0.3, 0.4) is 0 Å². The molecule has 0 saturated carbocycles. The molecule has 3 nitrogen and oxygen atoms in total. The molecule has 0 aliphatic carbocycles. The maximum Gasteiger partial charge on any atom is 0.213 e. The van der Waals surface area contributed by atoms with E-state index in [-0.39, 0.29) is 6.10 Å². The number of nitrogens with zero attached hydrogens (tertiary/aromatic N) is 1. The number of rotatable bonds is 5. The van der Waals surface area contributed by atoms with Crippen LogP contribution >= 0.6 is 11.6 Å². The van der Waals surface area contributed by atoms with E-state index in [0.29, 0.717) is 17.4 Å². The van der Waals surface area contributed by atoms with E-state index in [1.807, 2.05) is 6.92 Å². The molecule has 1 heterocycles. The van der Waals surface area contributed by atoms with Crippen molar-refractivity contribution in [2.24, 2.45) is 5.73 Å². The molecule has 0 aromatic carbocycles. The van der Waals surface area contributed by atoms with E-state index < -0.39 is 0 Å². The van der Waals surface area contributed by atoms with Gasteiger partial charge in [-0.05, 0) is 18.9 Å². The van der Waals surface area contributed by atoms with Crippen molar-refractivity contribution >= 4 is 11.6 Å². The van der Waals surface area contributed by atoms with Crippen LogP contribution in [0.2, 0.25) is 5.02 Å². The molecular weight excluding hydrogens is 212 g/mol. The second-order valence-electron chi connectivity index (χ2n) is 3.54. The van der Waals surface area contributed by atoms with Crippen molar-refractivity contribution in [1.82, 2.24) is 4.98 Å². The Hall–Kier alpha value is -0.800. The van der Waals surface area contributed by atoms with Gasteiger partial charge in [0.15, 0.2) is 0 Å². The van der Waals surface area contributed by atoms with Gasteiger partial charge in [0, 0.05) is 18.8 Å². The number of hydrogen-bond donors (Lipinski definition) is 1. The summed E-state index contributed by atoms with van der Waals surface area (Å²) in [7, 11) is 0. The molecule has 0 radical (unpaired) electrons. The minimum Gasteiger partial charge on any atom is -0.475 e. The van der Waals surface area contributed by atoms with Gasteiger partial charge in [-0.3, -0.25) is 0 Å². The highest BCUT2D eigenvalue weighted by Gasteiger charge is 2.06. The molecule has 1 atom stereocenters. The van der Waals surface area contributed by atoms with Crippen LogP contribution in [0.1, 0.15) is 32.3 Å². The van der Waals surface area contributed by atoms with Crippen LogP contribution in [0, 0.1) is 0 Å². The lowest BCUT2D eigenvalue weighted by Gasteiger charge is -2.13. The molecule has 0 amide bonds. The highest BCUT2D eigenvalue weighted by Crippen LogP contribution is 2.19. The SMILES string of the molecule is CCCC(C)Oc1cc(CN)c(Cl)cn1. The van der Waals surface area contributed by atoms with E-state index in [2.05, 4.69) is 11.9 Å². The molecule has 0 aliphatic heterocycles. The molecule has 0 aliphatic rings. The molecule has 1 unspecified atom stereocenters. The number of ether oxygens (including phenoxy) is 1. The predicted octanol–water partition coefficient (Wildman–Crippen LogP) is 2.76. The molecule has 1 aromatic heterocycles. The number of nitrogens with two attached hydrogens (primary N) is 1. The minimum atomic E-state index is 0.175. The number of pyridine rings is 1. The average molecular weight is 229 g/mol. The Kier molecular flexibility index (Phi) is 4.85. The zero-order chi connectivity index (χ0) is 11.3. The Bertz CT molecular complexity index is 317. The van der Waals surface area contributed by atoms with Crippen LogP contribution < -0.4 is 10.5 Å². The Balaban J connectivity index is 2.69. The van der Waals surface area contributed by atoms with E-state index in [9.17, 15) is 0 Å². The van der Waals surface area contributed by atoms with Crippen molar-refractivity contribution in [3.05, 3.63) is 22.8 Å².